The van der Waals surface area contributed by atoms with Crippen LogP contribution in [0.4, 0.5) is 5.69 Å². The van der Waals surface area contributed by atoms with Gasteiger partial charge in [0.1, 0.15) is 0 Å². The molecule has 1 N–H and O–H groups in total. The van der Waals surface area contributed by atoms with Crippen LogP contribution in [0.25, 0.3) is 0 Å². The van der Waals surface area contributed by atoms with Crippen molar-refractivity contribution in [2.45, 2.75) is 12.8 Å². The van der Waals surface area contributed by atoms with Gasteiger partial charge in [-0.1, -0.05) is 29.8 Å². The number of aryl methyl sites for hydroxylation is 1. The summed E-state index contributed by atoms with van der Waals surface area (Å²) in [6, 6.07) is 12.7. The Bertz CT molecular complexity index is 611. The number of hydrogen-bond acceptors (Lipinski definition) is 1. The summed E-state index contributed by atoms with van der Waals surface area (Å²) in [5.41, 5.74) is 3.14. The Kier molecular flexibility index (Phi) is 4.46. The van der Waals surface area contributed by atoms with Gasteiger partial charge in [0.15, 0.2) is 0 Å². The van der Waals surface area contributed by atoms with Crippen LogP contribution in [0.1, 0.15) is 21.5 Å². The van der Waals surface area contributed by atoms with E-state index in [-0.39, 0.29) is 5.91 Å². The highest BCUT2D eigenvalue weighted by atomic mass is 35.5. The molecule has 0 aromatic heterocycles. The van der Waals surface area contributed by atoms with Gasteiger partial charge in [-0.15, -0.1) is 11.6 Å². The van der Waals surface area contributed by atoms with Gasteiger partial charge in [-0.2, -0.15) is 0 Å². The Morgan fingerprint density at radius 2 is 2.00 bits per heavy atom. The molecule has 0 radical (unpaired) electrons. The fraction of sp³-hybridized carbons (Fsp3) is 0.133. The minimum Gasteiger partial charge on any atom is -0.322 e. The van der Waals surface area contributed by atoms with Gasteiger partial charge in [-0.25, -0.2) is 0 Å². The fourth-order valence-electron chi connectivity index (χ4n) is 1.77. The van der Waals surface area contributed by atoms with Gasteiger partial charge in [-0.05, 0) is 42.3 Å². The SMILES string of the molecule is Cc1ccc(Cl)cc1C(=O)Nc1cccc(CCl)c1. The molecule has 2 rings (SSSR count). The van der Waals surface area contributed by atoms with Crippen molar-refractivity contribution in [3.05, 3.63) is 64.2 Å². The number of amides is 1. The van der Waals surface area contributed by atoms with Crippen LogP contribution >= 0.6 is 23.2 Å². The van der Waals surface area contributed by atoms with Crippen molar-refractivity contribution in [3.8, 4) is 0 Å². The average molecular weight is 294 g/mol. The number of carbonyl (C=O) groups excluding carboxylic acids is 1. The van der Waals surface area contributed by atoms with E-state index in [4.69, 9.17) is 23.2 Å². The maximum atomic E-state index is 12.2. The summed E-state index contributed by atoms with van der Waals surface area (Å²) in [4.78, 5) is 12.2. The monoisotopic (exact) mass is 293 g/mol. The van der Waals surface area contributed by atoms with Gasteiger partial charge < -0.3 is 5.32 Å². The maximum absolute atomic E-state index is 12.2. The molecule has 19 heavy (non-hydrogen) atoms. The molecular formula is C15H13Cl2NO. The van der Waals surface area contributed by atoms with Gasteiger partial charge in [0.05, 0.1) is 0 Å². The average Bonchev–Trinajstić information content (AvgIpc) is 2.41. The molecule has 0 heterocycles. The second-order valence-corrected chi connectivity index (χ2v) is 4.95. The second kappa shape index (κ2) is 6.09. The number of benzene rings is 2. The highest BCUT2D eigenvalue weighted by Gasteiger charge is 2.10. The first kappa shape index (κ1) is 13.9. The van der Waals surface area contributed by atoms with Crippen molar-refractivity contribution < 1.29 is 4.79 Å². The lowest BCUT2D eigenvalue weighted by Gasteiger charge is -2.09. The highest BCUT2D eigenvalue weighted by molar-refractivity contribution is 6.31. The summed E-state index contributed by atoms with van der Waals surface area (Å²) in [5, 5.41) is 3.39. The van der Waals surface area contributed by atoms with E-state index in [9.17, 15) is 4.79 Å². The van der Waals surface area contributed by atoms with E-state index in [1.165, 1.54) is 0 Å². The molecule has 0 spiro atoms. The minimum atomic E-state index is -0.174. The zero-order chi connectivity index (χ0) is 13.8. The summed E-state index contributed by atoms with van der Waals surface area (Å²) in [5.74, 6) is 0.242. The van der Waals surface area contributed by atoms with E-state index in [1.807, 2.05) is 37.3 Å². The van der Waals surface area contributed by atoms with Crippen LogP contribution in [-0.4, -0.2) is 5.91 Å². The molecule has 0 aliphatic rings. The number of carbonyl (C=O) groups is 1. The molecule has 1 amide bonds. The van der Waals surface area contributed by atoms with E-state index in [0.29, 0.717) is 16.5 Å². The molecule has 2 nitrogen and oxygen atoms in total. The van der Waals surface area contributed by atoms with E-state index < -0.39 is 0 Å². The third-order valence-corrected chi connectivity index (χ3v) is 3.33. The number of rotatable bonds is 3. The largest absolute Gasteiger partial charge is 0.322 e. The van der Waals surface area contributed by atoms with Crippen LogP contribution in [0.3, 0.4) is 0 Å². The van der Waals surface area contributed by atoms with Crippen LogP contribution in [0, 0.1) is 6.92 Å². The van der Waals surface area contributed by atoms with Crippen molar-refractivity contribution in [1.29, 1.82) is 0 Å². The van der Waals surface area contributed by atoms with Gasteiger partial charge in [-0.3, -0.25) is 4.79 Å². The summed E-state index contributed by atoms with van der Waals surface area (Å²) in [6.07, 6.45) is 0. The molecule has 0 saturated carbocycles. The molecule has 98 valence electrons. The predicted molar refractivity (Wildman–Crippen MR) is 80.1 cm³/mol. The molecule has 0 bridgehead atoms. The van der Waals surface area contributed by atoms with Crippen LogP contribution in [0.15, 0.2) is 42.5 Å². The van der Waals surface area contributed by atoms with Crippen LogP contribution in [0.5, 0.6) is 0 Å². The Morgan fingerprint density at radius 3 is 2.74 bits per heavy atom. The lowest BCUT2D eigenvalue weighted by atomic mass is 10.1. The van der Waals surface area contributed by atoms with E-state index in [2.05, 4.69) is 5.32 Å². The van der Waals surface area contributed by atoms with Gasteiger partial charge in [0.2, 0.25) is 0 Å². The standard InChI is InChI=1S/C15H13Cl2NO/c1-10-5-6-12(17)8-14(10)15(19)18-13-4-2-3-11(7-13)9-16/h2-8H,9H2,1H3,(H,18,19). The number of halogens is 2. The van der Waals surface area contributed by atoms with Crippen molar-refractivity contribution >= 4 is 34.8 Å². The molecule has 0 atom stereocenters. The van der Waals surface area contributed by atoms with Gasteiger partial charge in [0, 0.05) is 22.2 Å². The zero-order valence-corrected chi connectivity index (χ0v) is 11.9. The minimum absolute atomic E-state index is 0.174. The Balaban J connectivity index is 2.23. The summed E-state index contributed by atoms with van der Waals surface area (Å²) < 4.78 is 0. The molecule has 2 aromatic rings. The van der Waals surface area contributed by atoms with Crippen LogP contribution in [-0.2, 0) is 5.88 Å². The third kappa shape index (κ3) is 3.49. The summed E-state index contributed by atoms with van der Waals surface area (Å²) in [7, 11) is 0. The first-order chi connectivity index (χ1) is 9.10. The topological polar surface area (TPSA) is 29.1 Å². The quantitative estimate of drug-likeness (QED) is 0.821. The lowest BCUT2D eigenvalue weighted by Crippen LogP contribution is -2.13. The van der Waals surface area contributed by atoms with Crippen molar-refractivity contribution in [2.75, 3.05) is 5.32 Å². The Morgan fingerprint density at radius 1 is 1.21 bits per heavy atom. The molecular weight excluding hydrogens is 281 g/mol. The number of hydrogen-bond donors (Lipinski definition) is 1. The van der Waals surface area contributed by atoms with Crippen molar-refractivity contribution in [3.63, 3.8) is 0 Å². The smallest absolute Gasteiger partial charge is 0.255 e. The number of alkyl halides is 1. The first-order valence-electron chi connectivity index (χ1n) is 5.82. The molecule has 2 aromatic carbocycles. The molecule has 0 aliphatic carbocycles. The predicted octanol–water partition coefficient (Wildman–Crippen LogP) is 4.64. The molecule has 0 aliphatic heterocycles. The zero-order valence-electron chi connectivity index (χ0n) is 10.4. The molecule has 0 fully saturated rings. The fourth-order valence-corrected chi connectivity index (χ4v) is 2.11. The highest BCUT2D eigenvalue weighted by Crippen LogP contribution is 2.18. The second-order valence-electron chi connectivity index (χ2n) is 4.25. The van der Waals surface area contributed by atoms with Gasteiger partial charge in [0.25, 0.3) is 5.91 Å². The number of anilines is 1. The maximum Gasteiger partial charge on any atom is 0.255 e. The normalized spacial score (nSPS) is 10.3. The Hall–Kier alpha value is -1.51. The van der Waals surface area contributed by atoms with E-state index in [1.54, 1.807) is 12.1 Å². The van der Waals surface area contributed by atoms with E-state index in [0.717, 1.165) is 16.8 Å². The number of nitrogens with one attached hydrogen (secondary N) is 1. The lowest BCUT2D eigenvalue weighted by molar-refractivity contribution is 0.102. The summed E-state index contributed by atoms with van der Waals surface area (Å²) in [6.45, 7) is 1.88. The van der Waals surface area contributed by atoms with Crippen molar-refractivity contribution in [2.24, 2.45) is 0 Å². The van der Waals surface area contributed by atoms with Crippen LogP contribution < -0.4 is 5.32 Å². The summed E-state index contributed by atoms with van der Waals surface area (Å²) >= 11 is 11.7. The Labute approximate surface area is 122 Å². The third-order valence-electron chi connectivity index (χ3n) is 2.78. The first-order valence-corrected chi connectivity index (χ1v) is 6.74. The molecule has 0 saturated heterocycles. The molecule has 4 heteroatoms. The van der Waals surface area contributed by atoms with Crippen molar-refractivity contribution in [1.82, 2.24) is 0 Å². The molecule has 0 unspecified atom stereocenters. The van der Waals surface area contributed by atoms with Crippen LogP contribution in [0.2, 0.25) is 5.02 Å². The van der Waals surface area contributed by atoms with E-state index >= 15 is 0 Å². The van der Waals surface area contributed by atoms with Gasteiger partial charge >= 0.3 is 0 Å².